The highest BCUT2D eigenvalue weighted by Crippen LogP contribution is 2.28. The maximum absolute atomic E-state index is 11.2. The van der Waals surface area contributed by atoms with Gasteiger partial charge in [0, 0.05) is 11.1 Å². The third-order valence-electron chi connectivity index (χ3n) is 1.96. The molecular formula is C11H10ClNO5. The number of esters is 1. The number of nitrogens with zero attached hydrogens (tertiary/aromatic N) is 1. The Morgan fingerprint density at radius 3 is 2.72 bits per heavy atom. The van der Waals surface area contributed by atoms with Crippen LogP contribution >= 0.6 is 11.6 Å². The van der Waals surface area contributed by atoms with Crippen LogP contribution in [0, 0.1) is 10.1 Å². The molecule has 0 aliphatic carbocycles. The highest BCUT2D eigenvalue weighted by molar-refractivity contribution is 6.29. The fourth-order valence-corrected chi connectivity index (χ4v) is 1.24. The Balaban J connectivity index is 3.08. The summed E-state index contributed by atoms with van der Waals surface area (Å²) in [6.07, 6.45) is 0. The van der Waals surface area contributed by atoms with E-state index in [1.54, 1.807) is 0 Å². The number of nitro groups is 1. The van der Waals surface area contributed by atoms with Gasteiger partial charge in [0.15, 0.2) is 5.75 Å². The number of rotatable bonds is 5. The summed E-state index contributed by atoms with van der Waals surface area (Å²) in [6.45, 7) is 3.34. The van der Waals surface area contributed by atoms with Crippen molar-refractivity contribution >= 4 is 23.3 Å². The van der Waals surface area contributed by atoms with E-state index in [-0.39, 0.29) is 28.6 Å². The molecule has 0 radical (unpaired) electrons. The molecule has 0 heterocycles. The van der Waals surface area contributed by atoms with Gasteiger partial charge in [-0.2, -0.15) is 0 Å². The molecule has 0 amide bonds. The molecule has 0 N–H and O–H groups in total. The predicted molar refractivity (Wildman–Crippen MR) is 64.9 cm³/mol. The minimum absolute atomic E-state index is 0.00875. The molecule has 0 atom stereocenters. The number of methoxy groups -OCH3 is 1. The zero-order valence-electron chi connectivity index (χ0n) is 9.51. The molecule has 0 saturated carbocycles. The largest absolute Gasteiger partial charge is 0.481 e. The molecule has 0 spiro atoms. The zero-order valence-corrected chi connectivity index (χ0v) is 10.3. The van der Waals surface area contributed by atoms with Crippen LogP contribution in [-0.4, -0.2) is 24.6 Å². The molecule has 6 nitrogen and oxygen atoms in total. The Labute approximate surface area is 108 Å². The van der Waals surface area contributed by atoms with E-state index in [0.29, 0.717) is 0 Å². The summed E-state index contributed by atoms with van der Waals surface area (Å²) >= 11 is 5.50. The van der Waals surface area contributed by atoms with Crippen molar-refractivity contribution in [3.8, 4) is 5.75 Å². The number of carbonyl (C=O) groups excluding carboxylic acids is 1. The van der Waals surface area contributed by atoms with Crippen LogP contribution < -0.4 is 4.74 Å². The first-order chi connectivity index (χ1) is 8.45. The summed E-state index contributed by atoms with van der Waals surface area (Å²) in [7, 11) is 1.19. The maximum Gasteiger partial charge on any atom is 0.338 e. The highest BCUT2D eigenvalue weighted by atomic mass is 35.5. The Bertz CT molecular complexity index is 500. The van der Waals surface area contributed by atoms with Crippen LogP contribution in [0.25, 0.3) is 0 Å². The molecule has 1 rings (SSSR count). The molecule has 7 heteroatoms. The van der Waals surface area contributed by atoms with E-state index in [2.05, 4.69) is 11.3 Å². The summed E-state index contributed by atoms with van der Waals surface area (Å²) in [5.74, 6) is -0.652. The van der Waals surface area contributed by atoms with Crippen molar-refractivity contribution in [2.24, 2.45) is 0 Å². The molecule has 0 aliphatic rings. The second-order valence-electron chi connectivity index (χ2n) is 3.24. The van der Waals surface area contributed by atoms with Gasteiger partial charge in [-0.3, -0.25) is 10.1 Å². The van der Waals surface area contributed by atoms with Crippen molar-refractivity contribution in [2.75, 3.05) is 13.7 Å². The Morgan fingerprint density at radius 1 is 1.56 bits per heavy atom. The molecule has 18 heavy (non-hydrogen) atoms. The van der Waals surface area contributed by atoms with Gasteiger partial charge in [-0.05, 0) is 12.1 Å². The average molecular weight is 272 g/mol. The first-order valence-electron chi connectivity index (χ1n) is 4.78. The summed E-state index contributed by atoms with van der Waals surface area (Å²) in [4.78, 5) is 21.4. The van der Waals surface area contributed by atoms with Crippen LogP contribution in [0.4, 0.5) is 5.69 Å². The third-order valence-corrected chi connectivity index (χ3v) is 2.07. The summed E-state index contributed by atoms with van der Waals surface area (Å²) < 4.78 is 9.57. The molecule has 0 bridgehead atoms. The smallest absolute Gasteiger partial charge is 0.338 e. The van der Waals surface area contributed by atoms with Gasteiger partial charge in [-0.15, -0.1) is 0 Å². The van der Waals surface area contributed by atoms with Crippen LogP contribution in [0.2, 0.25) is 0 Å². The fourth-order valence-electron chi connectivity index (χ4n) is 1.18. The standard InChI is InChI=1S/C11H10ClNO5/c1-7(12)6-18-10-4-3-8(11(14)17-2)5-9(10)13(15)16/h3-5H,1,6H2,2H3. The maximum atomic E-state index is 11.2. The molecule has 96 valence electrons. The van der Waals surface area contributed by atoms with E-state index < -0.39 is 10.9 Å². The van der Waals surface area contributed by atoms with Crippen LogP contribution in [-0.2, 0) is 4.74 Å². The van der Waals surface area contributed by atoms with E-state index in [4.69, 9.17) is 16.3 Å². The molecule has 0 aliphatic heterocycles. The molecule has 1 aromatic rings. The lowest BCUT2D eigenvalue weighted by Crippen LogP contribution is -2.04. The van der Waals surface area contributed by atoms with E-state index in [9.17, 15) is 14.9 Å². The van der Waals surface area contributed by atoms with E-state index in [1.807, 2.05) is 0 Å². The Hall–Kier alpha value is -2.08. The number of benzene rings is 1. The van der Waals surface area contributed by atoms with Crippen molar-refractivity contribution in [3.63, 3.8) is 0 Å². The zero-order chi connectivity index (χ0) is 13.7. The summed E-state index contributed by atoms with van der Waals surface area (Å²) in [5, 5.41) is 11.1. The fraction of sp³-hybridized carbons (Fsp3) is 0.182. The van der Waals surface area contributed by atoms with Crippen LogP contribution in [0.5, 0.6) is 5.75 Å². The molecule has 0 saturated heterocycles. The Kier molecular flexibility index (Phi) is 4.67. The van der Waals surface area contributed by atoms with Gasteiger partial charge >= 0.3 is 11.7 Å². The predicted octanol–water partition coefficient (Wildman–Crippen LogP) is 2.51. The third kappa shape index (κ3) is 3.46. The summed E-state index contributed by atoms with van der Waals surface area (Å²) in [5.41, 5.74) is -0.267. The lowest BCUT2D eigenvalue weighted by Gasteiger charge is -2.06. The van der Waals surface area contributed by atoms with Gasteiger partial charge in [0.2, 0.25) is 0 Å². The van der Waals surface area contributed by atoms with Gasteiger partial charge in [-0.25, -0.2) is 4.79 Å². The molecule has 0 unspecified atom stereocenters. The van der Waals surface area contributed by atoms with Crippen molar-refractivity contribution in [3.05, 3.63) is 45.5 Å². The summed E-state index contributed by atoms with van der Waals surface area (Å²) in [6, 6.07) is 3.76. The minimum atomic E-state index is -0.661. The number of nitro benzene ring substituents is 1. The SMILES string of the molecule is C=C(Cl)COc1ccc(C(=O)OC)cc1[N+](=O)[O-]. The number of halogens is 1. The molecule has 0 fully saturated rings. The molecule has 0 aromatic heterocycles. The quantitative estimate of drug-likeness (QED) is 0.467. The topological polar surface area (TPSA) is 78.7 Å². The second-order valence-corrected chi connectivity index (χ2v) is 3.77. The van der Waals surface area contributed by atoms with Crippen LogP contribution in [0.3, 0.4) is 0 Å². The van der Waals surface area contributed by atoms with Crippen molar-refractivity contribution in [1.82, 2.24) is 0 Å². The average Bonchev–Trinajstić information content (AvgIpc) is 2.34. The van der Waals surface area contributed by atoms with Gasteiger partial charge in [0.1, 0.15) is 6.61 Å². The van der Waals surface area contributed by atoms with E-state index in [0.717, 1.165) is 6.07 Å². The first kappa shape index (κ1) is 14.0. The van der Waals surface area contributed by atoms with E-state index in [1.165, 1.54) is 19.2 Å². The monoisotopic (exact) mass is 271 g/mol. The van der Waals surface area contributed by atoms with E-state index >= 15 is 0 Å². The second kappa shape index (κ2) is 6.02. The van der Waals surface area contributed by atoms with Crippen molar-refractivity contribution < 1.29 is 19.2 Å². The first-order valence-corrected chi connectivity index (χ1v) is 5.16. The van der Waals surface area contributed by atoms with Gasteiger partial charge in [0.05, 0.1) is 17.6 Å². The highest BCUT2D eigenvalue weighted by Gasteiger charge is 2.19. The van der Waals surface area contributed by atoms with Gasteiger partial charge in [0.25, 0.3) is 0 Å². The molecule has 1 aromatic carbocycles. The minimum Gasteiger partial charge on any atom is -0.481 e. The van der Waals surface area contributed by atoms with Crippen molar-refractivity contribution in [2.45, 2.75) is 0 Å². The van der Waals surface area contributed by atoms with Gasteiger partial charge in [-0.1, -0.05) is 18.2 Å². The van der Waals surface area contributed by atoms with Crippen molar-refractivity contribution in [1.29, 1.82) is 0 Å². The normalized spacial score (nSPS) is 9.67. The Morgan fingerprint density at radius 2 is 2.22 bits per heavy atom. The molecular weight excluding hydrogens is 262 g/mol. The number of hydrogen-bond donors (Lipinski definition) is 0. The van der Waals surface area contributed by atoms with Gasteiger partial charge < -0.3 is 9.47 Å². The number of ether oxygens (including phenoxy) is 2. The lowest BCUT2D eigenvalue weighted by atomic mass is 10.2. The number of hydrogen-bond acceptors (Lipinski definition) is 5. The lowest BCUT2D eigenvalue weighted by molar-refractivity contribution is -0.385. The number of carbonyl (C=O) groups is 1. The van der Waals surface area contributed by atoms with Crippen LogP contribution in [0.15, 0.2) is 29.8 Å². The van der Waals surface area contributed by atoms with Crippen LogP contribution in [0.1, 0.15) is 10.4 Å².